The third-order valence-corrected chi connectivity index (χ3v) is 2.07. The fourth-order valence-electron chi connectivity index (χ4n) is 1.36. The molecule has 2 aromatic heterocycles. The number of nitrogens with zero attached hydrogens (tertiary/aromatic N) is 2. The van der Waals surface area contributed by atoms with Crippen LogP contribution >= 0.6 is 0 Å². The number of rotatable bonds is 4. The van der Waals surface area contributed by atoms with E-state index in [0.29, 0.717) is 11.6 Å². The van der Waals surface area contributed by atoms with Crippen LogP contribution in [0.25, 0.3) is 0 Å². The van der Waals surface area contributed by atoms with E-state index in [2.05, 4.69) is 15.3 Å². The molecule has 0 aromatic carbocycles. The summed E-state index contributed by atoms with van der Waals surface area (Å²) < 4.78 is 5.65. The lowest BCUT2D eigenvalue weighted by atomic mass is 10.2. The van der Waals surface area contributed by atoms with Crippen molar-refractivity contribution in [1.82, 2.24) is 15.3 Å². The molecule has 0 saturated carbocycles. The quantitative estimate of drug-likeness (QED) is 0.847. The molecule has 0 atom stereocenters. The molecule has 2 heterocycles. The second-order valence-electron chi connectivity index (χ2n) is 3.29. The molecule has 2 aromatic rings. The highest BCUT2D eigenvalue weighted by molar-refractivity contribution is 5.30. The fourth-order valence-corrected chi connectivity index (χ4v) is 1.36. The summed E-state index contributed by atoms with van der Waals surface area (Å²) in [5, 5.41) is 3.07. The molecule has 0 spiro atoms. The highest BCUT2D eigenvalue weighted by Gasteiger charge is 2.04. The van der Waals surface area contributed by atoms with Gasteiger partial charge in [-0.2, -0.15) is 0 Å². The first-order valence-corrected chi connectivity index (χ1v) is 5.06. The van der Waals surface area contributed by atoms with Crippen molar-refractivity contribution >= 4 is 0 Å². The zero-order valence-corrected chi connectivity index (χ0v) is 9.05. The van der Waals surface area contributed by atoms with Gasteiger partial charge in [-0.15, -0.1) is 0 Å². The zero-order valence-electron chi connectivity index (χ0n) is 9.05. The fraction of sp³-hybridized carbons (Fsp3) is 0.167. The van der Waals surface area contributed by atoms with E-state index in [-0.39, 0.29) is 0 Å². The van der Waals surface area contributed by atoms with E-state index < -0.39 is 0 Å². The smallest absolute Gasteiger partial charge is 0.223 e. The van der Waals surface area contributed by atoms with Crippen LogP contribution in [-0.2, 0) is 6.54 Å². The minimum atomic E-state index is 0.616. The Labute approximate surface area is 94.3 Å². The Morgan fingerprint density at radius 1 is 1.25 bits per heavy atom. The van der Waals surface area contributed by atoms with Crippen LogP contribution in [-0.4, -0.2) is 17.0 Å². The predicted octanol–water partition coefficient (Wildman–Crippen LogP) is 1.99. The maximum Gasteiger partial charge on any atom is 0.223 e. The first-order valence-electron chi connectivity index (χ1n) is 5.06. The summed E-state index contributed by atoms with van der Waals surface area (Å²) in [7, 11) is 1.89. The molecule has 0 amide bonds. The van der Waals surface area contributed by atoms with Gasteiger partial charge in [-0.05, 0) is 25.2 Å². The SMILES string of the molecule is CNCc1cccnc1Oc1cccnc1. The third-order valence-electron chi connectivity index (χ3n) is 2.07. The molecule has 4 nitrogen and oxygen atoms in total. The maximum absolute atomic E-state index is 5.65. The van der Waals surface area contributed by atoms with Crippen LogP contribution in [0.5, 0.6) is 11.6 Å². The molecular weight excluding hydrogens is 202 g/mol. The Morgan fingerprint density at radius 2 is 2.12 bits per heavy atom. The van der Waals surface area contributed by atoms with E-state index in [0.717, 1.165) is 12.1 Å². The van der Waals surface area contributed by atoms with Gasteiger partial charge in [-0.3, -0.25) is 4.98 Å². The topological polar surface area (TPSA) is 47.0 Å². The monoisotopic (exact) mass is 215 g/mol. The minimum absolute atomic E-state index is 0.616. The number of ether oxygens (including phenoxy) is 1. The molecule has 0 aliphatic carbocycles. The van der Waals surface area contributed by atoms with Crippen LogP contribution < -0.4 is 10.1 Å². The Balaban J connectivity index is 2.21. The van der Waals surface area contributed by atoms with E-state index in [1.807, 2.05) is 31.3 Å². The van der Waals surface area contributed by atoms with Crippen molar-refractivity contribution in [2.24, 2.45) is 0 Å². The normalized spacial score (nSPS) is 10.1. The largest absolute Gasteiger partial charge is 0.437 e. The Morgan fingerprint density at radius 3 is 2.88 bits per heavy atom. The van der Waals surface area contributed by atoms with Crippen molar-refractivity contribution in [3.63, 3.8) is 0 Å². The molecule has 1 N–H and O–H groups in total. The highest BCUT2D eigenvalue weighted by atomic mass is 16.5. The number of hydrogen-bond acceptors (Lipinski definition) is 4. The van der Waals surface area contributed by atoms with E-state index >= 15 is 0 Å². The van der Waals surface area contributed by atoms with Gasteiger partial charge in [-0.25, -0.2) is 4.98 Å². The minimum Gasteiger partial charge on any atom is -0.437 e. The number of nitrogens with one attached hydrogen (secondary N) is 1. The number of hydrogen-bond donors (Lipinski definition) is 1. The van der Waals surface area contributed by atoms with Gasteiger partial charge in [0.25, 0.3) is 0 Å². The molecule has 0 unspecified atom stereocenters. The van der Waals surface area contributed by atoms with E-state index in [9.17, 15) is 0 Å². The first kappa shape index (κ1) is 10.6. The zero-order chi connectivity index (χ0) is 11.2. The summed E-state index contributed by atoms with van der Waals surface area (Å²) in [5.74, 6) is 1.31. The molecule has 2 rings (SSSR count). The molecule has 0 aliphatic heterocycles. The standard InChI is InChI=1S/C12H13N3O/c1-13-8-10-4-2-7-15-12(10)16-11-5-3-6-14-9-11/h2-7,9,13H,8H2,1H3. The van der Waals surface area contributed by atoms with Gasteiger partial charge in [0.05, 0.1) is 6.20 Å². The molecule has 0 aliphatic rings. The molecule has 0 radical (unpaired) electrons. The second-order valence-corrected chi connectivity index (χ2v) is 3.29. The van der Waals surface area contributed by atoms with Crippen molar-refractivity contribution in [3.05, 3.63) is 48.4 Å². The van der Waals surface area contributed by atoms with Crippen LogP contribution in [0, 0.1) is 0 Å². The van der Waals surface area contributed by atoms with Gasteiger partial charge in [0.1, 0.15) is 5.75 Å². The van der Waals surface area contributed by atoms with Crippen LogP contribution in [0.4, 0.5) is 0 Å². The lowest BCUT2D eigenvalue weighted by molar-refractivity contribution is 0.452. The van der Waals surface area contributed by atoms with Crippen LogP contribution in [0.15, 0.2) is 42.9 Å². The summed E-state index contributed by atoms with van der Waals surface area (Å²) in [6.45, 7) is 0.726. The van der Waals surface area contributed by atoms with Gasteiger partial charge < -0.3 is 10.1 Å². The summed E-state index contributed by atoms with van der Waals surface area (Å²) in [4.78, 5) is 8.19. The van der Waals surface area contributed by atoms with E-state index in [1.54, 1.807) is 18.6 Å². The summed E-state index contributed by atoms with van der Waals surface area (Å²) in [6.07, 6.45) is 5.09. The lowest BCUT2D eigenvalue weighted by Crippen LogP contribution is -2.07. The number of pyridine rings is 2. The summed E-state index contributed by atoms with van der Waals surface area (Å²) >= 11 is 0. The van der Waals surface area contributed by atoms with Crippen LogP contribution in [0.3, 0.4) is 0 Å². The Kier molecular flexibility index (Phi) is 3.46. The Bertz CT molecular complexity index is 445. The van der Waals surface area contributed by atoms with Crippen molar-refractivity contribution in [1.29, 1.82) is 0 Å². The average Bonchev–Trinajstić information content (AvgIpc) is 2.33. The molecule has 0 fully saturated rings. The number of aromatic nitrogens is 2. The van der Waals surface area contributed by atoms with Crippen LogP contribution in [0.2, 0.25) is 0 Å². The first-order chi connectivity index (χ1) is 7.90. The molecular formula is C12H13N3O. The molecule has 82 valence electrons. The Hall–Kier alpha value is -1.94. The van der Waals surface area contributed by atoms with Crippen molar-refractivity contribution < 1.29 is 4.74 Å². The molecule has 16 heavy (non-hydrogen) atoms. The van der Waals surface area contributed by atoms with Gasteiger partial charge in [0, 0.05) is 24.5 Å². The highest BCUT2D eigenvalue weighted by Crippen LogP contribution is 2.21. The van der Waals surface area contributed by atoms with Crippen LogP contribution in [0.1, 0.15) is 5.56 Å². The predicted molar refractivity (Wildman–Crippen MR) is 61.3 cm³/mol. The van der Waals surface area contributed by atoms with Gasteiger partial charge in [-0.1, -0.05) is 6.07 Å². The maximum atomic E-state index is 5.65. The second kappa shape index (κ2) is 5.23. The third kappa shape index (κ3) is 2.55. The van der Waals surface area contributed by atoms with Gasteiger partial charge in [0.2, 0.25) is 5.88 Å². The lowest BCUT2D eigenvalue weighted by Gasteiger charge is -2.08. The molecule has 0 saturated heterocycles. The molecule has 4 heteroatoms. The van der Waals surface area contributed by atoms with Gasteiger partial charge in [0.15, 0.2) is 0 Å². The van der Waals surface area contributed by atoms with Crippen molar-refractivity contribution in [2.45, 2.75) is 6.54 Å². The van der Waals surface area contributed by atoms with Gasteiger partial charge >= 0.3 is 0 Å². The summed E-state index contributed by atoms with van der Waals surface area (Å²) in [6, 6.07) is 7.55. The van der Waals surface area contributed by atoms with Crippen molar-refractivity contribution in [2.75, 3.05) is 7.05 Å². The average molecular weight is 215 g/mol. The molecule has 0 bridgehead atoms. The van der Waals surface area contributed by atoms with E-state index in [1.165, 1.54) is 0 Å². The van der Waals surface area contributed by atoms with E-state index in [4.69, 9.17) is 4.74 Å². The summed E-state index contributed by atoms with van der Waals surface area (Å²) in [5.41, 5.74) is 1.02. The van der Waals surface area contributed by atoms with Crippen molar-refractivity contribution in [3.8, 4) is 11.6 Å².